The molecule has 0 aliphatic heterocycles. The smallest absolute Gasteiger partial charge is 0.159 e. The molecule has 0 unspecified atom stereocenters. The van der Waals surface area contributed by atoms with Crippen molar-refractivity contribution in [2.45, 2.75) is 13.8 Å². The maximum atomic E-state index is 13.2. The lowest BCUT2D eigenvalue weighted by molar-refractivity contribution is 0.101. The second-order valence-electron chi connectivity index (χ2n) is 4.10. The van der Waals surface area contributed by atoms with Crippen LogP contribution in [0.15, 0.2) is 42.5 Å². The Labute approximate surface area is 99.9 Å². The lowest BCUT2D eigenvalue weighted by atomic mass is 9.98. The zero-order chi connectivity index (χ0) is 12.4. The molecule has 0 spiro atoms. The van der Waals surface area contributed by atoms with Gasteiger partial charge in [-0.05, 0) is 48.7 Å². The van der Waals surface area contributed by atoms with E-state index in [-0.39, 0.29) is 11.6 Å². The number of carbonyl (C=O) groups excluding carboxylic acids is 1. The predicted octanol–water partition coefficient (Wildman–Crippen LogP) is 4.00. The van der Waals surface area contributed by atoms with Gasteiger partial charge in [-0.15, -0.1) is 0 Å². The molecule has 2 aromatic carbocycles. The summed E-state index contributed by atoms with van der Waals surface area (Å²) in [4.78, 5) is 11.3. The minimum absolute atomic E-state index is 0.0147. The van der Waals surface area contributed by atoms with Crippen LogP contribution in [0.25, 0.3) is 11.1 Å². The summed E-state index contributed by atoms with van der Waals surface area (Å²) >= 11 is 0. The summed E-state index contributed by atoms with van der Waals surface area (Å²) in [6.45, 7) is 3.45. The molecular weight excluding hydrogens is 215 g/mol. The fraction of sp³-hybridized carbons (Fsp3) is 0.133. The summed E-state index contributed by atoms with van der Waals surface area (Å²) in [5.74, 6) is -0.250. The number of benzene rings is 2. The number of halogens is 1. The molecule has 0 atom stereocenters. The highest BCUT2D eigenvalue weighted by Crippen LogP contribution is 2.25. The maximum absolute atomic E-state index is 13.2. The molecule has 2 rings (SSSR count). The van der Waals surface area contributed by atoms with Crippen LogP contribution in [0, 0.1) is 12.7 Å². The van der Waals surface area contributed by atoms with Crippen molar-refractivity contribution in [1.82, 2.24) is 0 Å². The molecule has 1 nitrogen and oxygen atoms in total. The van der Waals surface area contributed by atoms with E-state index in [0.29, 0.717) is 5.56 Å². The molecule has 2 aromatic rings. The number of Topliss-reactive ketones (excluding diaryl/α,β-unsaturated/α-hetero) is 1. The van der Waals surface area contributed by atoms with Crippen LogP contribution < -0.4 is 0 Å². The summed E-state index contributed by atoms with van der Waals surface area (Å²) in [6, 6.07) is 11.9. The zero-order valence-corrected chi connectivity index (χ0v) is 9.83. The summed E-state index contributed by atoms with van der Waals surface area (Å²) in [7, 11) is 0. The first kappa shape index (κ1) is 11.5. The van der Waals surface area contributed by atoms with Crippen LogP contribution in [0.3, 0.4) is 0 Å². The molecule has 0 heterocycles. The molecule has 0 aliphatic rings. The van der Waals surface area contributed by atoms with Crippen molar-refractivity contribution < 1.29 is 9.18 Å². The van der Waals surface area contributed by atoms with Crippen LogP contribution in [0.4, 0.5) is 4.39 Å². The Hall–Kier alpha value is -1.96. The molecule has 0 N–H and O–H groups in total. The summed E-state index contributed by atoms with van der Waals surface area (Å²) < 4.78 is 13.2. The fourth-order valence-corrected chi connectivity index (χ4v) is 1.81. The van der Waals surface area contributed by atoms with E-state index in [4.69, 9.17) is 0 Å². The van der Waals surface area contributed by atoms with Crippen LogP contribution in [0.1, 0.15) is 22.8 Å². The van der Waals surface area contributed by atoms with Gasteiger partial charge in [0.25, 0.3) is 0 Å². The fourth-order valence-electron chi connectivity index (χ4n) is 1.81. The highest BCUT2D eigenvalue weighted by molar-refractivity contribution is 5.95. The molecule has 0 saturated heterocycles. The van der Waals surface area contributed by atoms with Gasteiger partial charge in [0, 0.05) is 5.56 Å². The van der Waals surface area contributed by atoms with Gasteiger partial charge >= 0.3 is 0 Å². The van der Waals surface area contributed by atoms with Crippen molar-refractivity contribution in [3.05, 3.63) is 59.4 Å². The van der Waals surface area contributed by atoms with Gasteiger partial charge in [-0.1, -0.05) is 24.3 Å². The van der Waals surface area contributed by atoms with E-state index in [1.807, 2.05) is 19.1 Å². The number of rotatable bonds is 2. The van der Waals surface area contributed by atoms with Crippen molar-refractivity contribution in [2.75, 3.05) is 0 Å². The van der Waals surface area contributed by atoms with Gasteiger partial charge in [-0.3, -0.25) is 4.79 Å². The van der Waals surface area contributed by atoms with E-state index in [2.05, 4.69) is 0 Å². The largest absolute Gasteiger partial charge is 0.295 e. The summed E-state index contributed by atoms with van der Waals surface area (Å²) in [5.41, 5.74) is 3.33. The number of ketones is 1. The quantitative estimate of drug-likeness (QED) is 0.710. The number of aryl methyl sites for hydroxylation is 1. The van der Waals surface area contributed by atoms with E-state index >= 15 is 0 Å². The highest BCUT2D eigenvalue weighted by Gasteiger charge is 2.06. The molecule has 17 heavy (non-hydrogen) atoms. The van der Waals surface area contributed by atoms with Crippen molar-refractivity contribution >= 4 is 5.78 Å². The molecule has 0 fully saturated rings. The Morgan fingerprint density at radius 1 is 1.12 bits per heavy atom. The third-order valence-corrected chi connectivity index (χ3v) is 2.78. The average Bonchev–Trinajstić information content (AvgIpc) is 2.32. The number of carbonyl (C=O) groups is 1. The Balaban J connectivity index is 2.56. The van der Waals surface area contributed by atoms with Crippen molar-refractivity contribution in [3.63, 3.8) is 0 Å². The van der Waals surface area contributed by atoms with Crippen LogP contribution >= 0.6 is 0 Å². The second kappa shape index (κ2) is 4.50. The minimum atomic E-state index is -0.265. The van der Waals surface area contributed by atoms with Crippen molar-refractivity contribution in [1.29, 1.82) is 0 Å². The van der Waals surface area contributed by atoms with Gasteiger partial charge in [0.2, 0.25) is 0 Å². The average molecular weight is 228 g/mol. The lowest BCUT2D eigenvalue weighted by Gasteiger charge is -2.07. The van der Waals surface area contributed by atoms with Crippen LogP contribution in [-0.2, 0) is 0 Å². The first-order chi connectivity index (χ1) is 8.08. The molecule has 2 heteroatoms. The van der Waals surface area contributed by atoms with E-state index < -0.39 is 0 Å². The van der Waals surface area contributed by atoms with Crippen LogP contribution in [-0.4, -0.2) is 5.78 Å². The molecule has 86 valence electrons. The van der Waals surface area contributed by atoms with Gasteiger partial charge in [0.1, 0.15) is 5.82 Å². The Bertz CT molecular complexity index is 573. The summed E-state index contributed by atoms with van der Waals surface area (Å²) in [6.07, 6.45) is 0. The van der Waals surface area contributed by atoms with Gasteiger partial charge in [0.05, 0.1) is 0 Å². The van der Waals surface area contributed by atoms with E-state index in [0.717, 1.165) is 16.7 Å². The Kier molecular flexibility index (Phi) is 3.05. The molecule has 0 saturated carbocycles. The second-order valence-corrected chi connectivity index (χ2v) is 4.10. The SMILES string of the molecule is CC(=O)c1cccc(-c2cc(F)ccc2C)c1. The zero-order valence-electron chi connectivity index (χ0n) is 9.83. The third kappa shape index (κ3) is 2.41. The minimum Gasteiger partial charge on any atom is -0.295 e. The van der Waals surface area contributed by atoms with Gasteiger partial charge in [-0.25, -0.2) is 4.39 Å². The molecule has 0 amide bonds. The lowest BCUT2D eigenvalue weighted by Crippen LogP contribution is -1.93. The van der Waals surface area contributed by atoms with Crippen molar-refractivity contribution in [2.24, 2.45) is 0 Å². The first-order valence-corrected chi connectivity index (χ1v) is 5.45. The molecular formula is C15H13FO. The third-order valence-electron chi connectivity index (χ3n) is 2.78. The summed E-state index contributed by atoms with van der Waals surface area (Å²) in [5, 5.41) is 0. The monoisotopic (exact) mass is 228 g/mol. The normalized spacial score (nSPS) is 10.3. The Morgan fingerprint density at radius 2 is 1.88 bits per heavy atom. The van der Waals surface area contributed by atoms with E-state index in [1.54, 1.807) is 18.2 Å². The topological polar surface area (TPSA) is 17.1 Å². The van der Waals surface area contributed by atoms with Gasteiger partial charge < -0.3 is 0 Å². The van der Waals surface area contributed by atoms with Crippen LogP contribution in [0.2, 0.25) is 0 Å². The van der Waals surface area contributed by atoms with Gasteiger partial charge in [0.15, 0.2) is 5.78 Å². The van der Waals surface area contributed by atoms with E-state index in [1.165, 1.54) is 19.1 Å². The van der Waals surface area contributed by atoms with Gasteiger partial charge in [-0.2, -0.15) is 0 Å². The highest BCUT2D eigenvalue weighted by atomic mass is 19.1. The first-order valence-electron chi connectivity index (χ1n) is 5.45. The standard InChI is InChI=1S/C15H13FO/c1-10-6-7-14(16)9-15(10)13-5-3-4-12(8-13)11(2)17/h3-9H,1-2H3. The molecule has 0 radical (unpaired) electrons. The number of hydrogen-bond donors (Lipinski definition) is 0. The molecule has 0 bridgehead atoms. The van der Waals surface area contributed by atoms with Crippen molar-refractivity contribution in [3.8, 4) is 11.1 Å². The molecule has 0 aromatic heterocycles. The van der Waals surface area contributed by atoms with Crippen LogP contribution in [0.5, 0.6) is 0 Å². The number of hydrogen-bond acceptors (Lipinski definition) is 1. The molecule has 0 aliphatic carbocycles. The predicted molar refractivity (Wildman–Crippen MR) is 66.6 cm³/mol. The maximum Gasteiger partial charge on any atom is 0.159 e. The van der Waals surface area contributed by atoms with E-state index in [9.17, 15) is 9.18 Å². The Morgan fingerprint density at radius 3 is 2.59 bits per heavy atom.